The van der Waals surface area contributed by atoms with Crippen molar-refractivity contribution in [2.45, 2.75) is 19.3 Å². The molecule has 2 N–H and O–H groups in total. The highest BCUT2D eigenvalue weighted by Crippen LogP contribution is 2.30. The van der Waals surface area contributed by atoms with Crippen LogP contribution >= 0.6 is 0 Å². The van der Waals surface area contributed by atoms with E-state index in [0.717, 1.165) is 24.3 Å². The second kappa shape index (κ2) is 6.70. The third kappa shape index (κ3) is 3.53. The Bertz CT molecular complexity index is 805. The van der Waals surface area contributed by atoms with Crippen molar-refractivity contribution in [3.63, 3.8) is 0 Å². The van der Waals surface area contributed by atoms with Crippen molar-refractivity contribution in [2.24, 2.45) is 10.8 Å². The standard InChI is InChI=1S/C18H18FN3O2/c1-22(18(20)23)21-11-12-5-8-17(16(19)9-12)24-15-7-6-13-3-2-4-14(13)10-15/h5-11H,2-4H2,1H3,(H2,20,23). The average Bonchev–Trinajstić information content (AvgIpc) is 3.02. The lowest BCUT2D eigenvalue weighted by atomic mass is 10.1. The number of amides is 2. The zero-order chi connectivity index (χ0) is 17.1. The number of carbonyl (C=O) groups excluding carboxylic acids is 1. The second-order valence-electron chi connectivity index (χ2n) is 5.68. The molecule has 24 heavy (non-hydrogen) atoms. The largest absolute Gasteiger partial charge is 0.454 e. The summed E-state index contributed by atoms with van der Waals surface area (Å²) in [5.41, 5.74) is 8.17. The van der Waals surface area contributed by atoms with Crippen LogP contribution in [0.3, 0.4) is 0 Å². The number of nitrogens with two attached hydrogens (primary N) is 1. The van der Waals surface area contributed by atoms with Gasteiger partial charge in [-0.15, -0.1) is 0 Å². The molecular weight excluding hydrogens is 309 g/mol. The van der Waals surface area contributed by atoms with Gasteiger partial charge in [0.15, 0.2) is 11.6 Å². The van der Waals surface area contributed by atoms with E-state index in [9.17, 15) is 9.18 Å². The monoisotopic (exact) mass is 327 g/mol. The first-order valence-electron chi connectivity index (χ1n) is 7.69. The number of primary amides is 1. The number of hydrazone groups is 1. The Balaban J connectivity index is 1.74. The van der Waals surface area contributed by atoms with E-state index in [1.54, 1.807) is 6.07 Å². The molecule has 0 spiro atoms. The van der Waals surface area contributed by atoms with Crippen molar-refractivity contribution in [1.29, 1.82) is 0 Å². The maximum Gasteiger partial charge on any atom is 0.334 e. The first-order chi connectivity index (χ1) is 11.5. The van der Waals surface area contributed by atoms with Crippen molar-refractivity contribution >= 4 is 12.2 Å². The van der Waals surface area contributed by atoms with Gasteiger partial charge < -0.3 is 10.5 Å². The molecule has 0 saturated heterocycles. The number of rotatable bonds is 4. The summed E-state index contributed by atoms with van der Waals surface area (Å²) < 4.78 is 19.9. The van der Waals surface area contributed by atoms with Crippen LogP contribution in [0, 0.1) is 5.82 Å². The maximum absolute atomic E-state index is 14.2. The van der Waals surface area contributed by atoms with Gasteiger partial charge in [-0.3, -0.25) is 0 Å². The van der Waals surface area contributed by atoms with E-state index < -0.39 is 11.8 Å². The van der Waals surface area contributed by atoms with Crippen LogP contribution in [-0.4, -0.2) is 24.3 Å². The second-order valence-corrected chi connectivity index (χ2v) is 5.68. The van der Waals surface area contributed by atoms with Crippen LogP contribution in [0.15, 0.2) is 41.5 Å². The molecule has 2 aromatic carbocycles. The number of urea groups is 1. The number of hydrogen-bond donors (Lipinski definition) is 1. The Morgan fingerprint density at radius 3 is 2.79 bits per heavy atom. The molecule has 0 aromatic heterocycles. The zero-order valence-electron chi connectivity index (χ0n) is 13.3. The third-order valence-corrected chi connectivity index (χ3v) is 3.95. The summed E-state index contributed by atoms with van der Waals surface area (Å²) in [5, 5.41) is 4.78. The highest BCUT2D eigenvalue weighted by atomic mass is 19.1. The summed E-state index contributed by atoms with van der Waals surface area (Å²) in [5.74, 6) is 0.277. The Morgan fingerprint density at radius 2 is 2.04 bits per heavy atom. The van der Waals surface area contributed by atoms with E-state index in [1.165, 1.54) is 36.5 Å². The minimum atomic E-state index is -0.691. The summed E-state index contributed by atoms with van der Waals surface area (Å²) in [4.78, 5) is 10.9. The van der Waals surface area contributed by atoms with Gasteiger partial charge >= 0.3 is 6.03 Å². The average molecular weight is 327 g/mol. The first-order valence-corrected chi connectivity index (χ1v) is 7.69. The predicted molar refractivity (Wildman–Crippen MR) is 89.9 cm³/mol. The van der Waals surface area contributed by atoms with Crippen LogP contribution in [0.5, 0.6) is 11.5 Å². The number of aryl methyl sites for hydroxylation is 2. The van der Waals surface area contributed by atoms with Crippen LogP contribution in [0.25, 0.3) is 0 Å². The lowest BCUT2D eigenvalue weighted by molar-refractivity contribution is 0.220. The number of benzene rings is 2. The summed E-state index contributed by atoms with van der Waals surface area (Å²) >= 11 is 0. The molecule has 2 aromatic rings. The van der Waals surface area contributed by atoms with E-state index >= 15 is 0 Å². The fraction of sp³-hybridized carbons (Fsp3) is 0.222. The van der Waals surface area contributed by atoms with Gasteiger partial charge in [-0.1, -0.05) is 6.07 Å². The molecule has 0 aliphatic heterocycles. The van der Waals surface area contributed by atoms with Crippen LogP contribution in [0.4, 0.5) is 9.18 Å². The molecule has 5 nitrogen and oxygen atoms in total. The molecule has 0 bridgehead atoms. The quantitative estimate of drug-likeness (QED) is 0.690. The number of carbonyl (C=O) groups is 1. The van der Waals surface area contributed by atoms with Crippen LogP contribution < -0.4 is 10.5 Å². The van der Waals surface area contributed by atoms with E-state index in [2.05, 4.69) is 5.10 Å². The van der Waals surface area contributed by atoms with Gasteiger partial charge in [-0.2, -0.15) is 5.10 Å². The number of halogens is 1. The highest BCUT2D eigenvalue weighted by Gasteiger charge is 2.12. The van der Waals surface area contributed by atoms with Gasteiger partial charge in [0.25, 0.3) is 0 Å². The molecule has 1 aliphatic rings. The highest BCUT2D eigenvalue weighted by molar-refractivity contribution is 5.81. The minimum Gasteiger partial charge on any atom is -0.454 e. The number of nitrogens with zero attached hydrogens (tertiary/aromatic N) is 2. The summed E-state index contributed by atoms with van der Waals surface area (Å²) in [6.07, 6.45) is 4.64. The molecule has 2 amide bonds. The zero-order valence-corrected chi connectivity index (χ0v) is 13.3. The Labute approximate surface area is 139 Å². The van der Waals surface area contributed by atoms with Crippen LogP contribution in [-0.2, 0) is 12.8 Å². The molecule has 6 heteroatoms. The molecule has 0 radical (unpaired) electrons. The van der Waals surface area contributed by atoms with Gasteiger partial charge in [0.1, 0.15) is 5.75 Å². The Morgan fingerprint density at radius 1 is 1.25 bits per heavy atom. The number of ether oxygens (including phenoxy) is 1. The normalized spacial score (nSPS) is 13.1. The van der Waals surface area contributed by atoms with Gasteiger partial charge in [0, 0.05) is 7.05 Å². The van der Waals surface area contributed by atoms with E-state index in [1.807, 2.05) is 18.2 Å². The number of fused-ring (bicyclic) bond motifs is 1. The first kappa shape index (κ1) is 16.0. The molecule has 0 atom stereocenters. The SMILES string of the molecule is CN(N=Cc1ccc(Oc2ccc3c(c2)CCC3)c(F)c1)C(N)=O. The lowest BCUT2D eigenvalue weighted by Gasteiger charge is -2.09. The Kier molecular flexibility index (Phi) is 4.46. The minimum absolute atomic E-state index is 0.147. The predicted octanol–water partition coefficient (Wildman–Crippen LogP) is 3.45. The molecule has 0 saturated carbocycles. The van der Waals surface area contributed by atoms with Crippen molar-refractivity contribution in [3.05, 3.63) is 58.9 Å². The maximum atomic E-state index is 14.2. The van der Waals surface area contributed by atoms with Crippen molar-refractivity contribution in [1.82, 2.24) is 5.01 Å². The van der Waals surface area contributed by atoms with Crippen LogP contribution in [0.1, 0.15) is 23.1 Å². The summed E-state index contributed by atoms with van der Waals surface area (Å²) in [6.45, 7) is 0. The van der Waals surface area contributed by atoms with E-state index in [0.29, 0.717) is 11.3 Å². The molecule has 3 rings (SSSR count). The van der Waals surface area contributed by atoms with Crippen LogP contribution in [0.2, 0.25) is 0 Å². The van der Waals surface area contributed by atoms with Gasteiger partial charge in [0.05, 0.1) is 6.21 Å². The molecular formula is C18H18FN3O2. The van der Waals surface area contributed by atoms with Crippen molar-refractivity contribution in [2.75, 3.05) is 7.05 Å². The fourth-order valence-electron chi connectivity index (χ4n) is 2.63. The number of hydrogen-bond acceptors (Lipinski definition) is 3. The van der Waals surface area contributed by atoms with Gasteiger partial charge in [-0.05, 0) is 66.3 Å². The van der Waals surface area contributed by atoms with Crippen molar-refractivity contribution < 1.29 is 13.9 Å². The van der Waals surface area contributed by atoms with Crippen molar-refractivity contribution in [3.8, 4) is 11.5 Å². The smallest absolute Gasteiger partial charge is 0.334 e. The van der Waals surface area contributed by atoms with Gasteiger partial charge in [-0.25, -0.2) is 14.2 Å². The summed E-state index contributed by atoms with van der Waals surface area (Å²) in [6, 6.07) is 9.67. The fourth-order valence-corrected chi connectivity index (χ4v) is 2.63. The lowest BCUT2D eigenvalue weighted by Crippen LogP contribution is -2.27. The summed E-state index contributed by atoms with van der Waals surface area (Å²) in [7, 11) is 1.42. The van der Waals surface area contributed by atoms with E-state index in [4.69, 9.17) is 10.5 Å². The molecule has 1 aliphatic carbocycles. The van der Waals surface area contributed by atoms with Gasteiger partial charge in [0.2, 0.25) is 0 Å². The molecule has 124 valence electrons. The topological polar surface area (TPSA) is 67.9 Å². The Hall–Kier alpha value is -2.89. The molecule has 0 fully saturated rings. The molecule has 0 unspecified atom stereocenters. The molecule has 0 heterocycles. The third-order valence-electron chi connectivity index (χ3n) is 3.95. The van der Waals surface area contributed by atoms with E-state index in [-0.39, 0.29) is 5.75 Å².